The van der Waals surface area contributed by atoms with Crippen LogP contribution in [0.1, 0.15) is 17.7 Å². The molecule has 0 bridgehead atoms. The summed E-state index contributed by atoms with van der Waals surface area (Å²) in [6, 6.07) is 13.4. The number of carbonyl (C=O) groups excluding carboxylic acids is 1. The molecule has 1 aliphatic heterocycles. The smallest absolute Gasteiger partial charge is 0.262 e. The standard InChI is InChI=1S/C22H19BrN4O2S/c23-16-6-3-5-13-15-12-26(10-8-18(15)24-20(13)16)19(28)9-11-27-21(29)14-4-1-2-7-17(14)25-22(27)30/h1-7,24H,8-12H2,(H,25,30). The predicted octanol–water partition coefficient (Wildman–Crippen LogP) is 4.28. The Hall–Kier alpha value is -2.71. The summed E-state index contributed by atoms with van der Waals surface area (Å²) in [6.07, 6.45) is 1.02. The molecule has 0 unspecified atom stereocenters. The van der Waals surface area contributed by atoms with Crippen LogP contribution in [-0.2, 0) is 24.3 Å². The van der Waals surface area contributed by atoms with Crippen molar-refractivity contribution in [1.82, 2.24) is 19.4 Å². The Labute approximate surface area is 185 Å². The lowest BCUT2D eigenvalue weighted by Crippen LogP contribution is -2.36. The van der Waals surface area contributed by atoms with Crippen molar-refractivity contribution in [3.8, 4) is 0 Å². The Morgan fingerprint density at radius 1 is 1.10 bits per heavy atom. The van der Waals surface area contributed by atoms with Crippen LogP contribution in [0.5, 0.6) is 0 Å². The molecule has 0 atom stereocenters. The summed E-state index contributed by atoms with van der Waals surface area (Å²) in [5.74, 6) is 0.0273. The lowest BCUT2D eigenvalue weighted by atomic mass is 10.0. The van der Waals surface area contributed by atoms with Crippen molar-refractivity contribution in [3.63, 3.8) is 0 Å². The summed E-state index contributed by atoms with van der Waals surface area (Å²) in [6.45, 7) is 1.50. The molecule has 2 aromatic carbocycles. The highest BCUT2D eigenvalue weighted by atomic mass is 79.9. The van der Waals surface area contributed by atoms with Crippen LogP contribution in [0.2, 0.25) is 0 Å². The Kier molecular flexibility index (Phi) is 4.83. The lowest BCUT2D eigenvalue weighted by Gasteiger charge is -2.27. The Morgan fingerprint density at radius 2 is 1.90 bits per heavy atom. The van der Waals surface area contributed by atoms with Crippen LogP contribution in [0.15, 0.2) is 51.7 Å². The van der Waals surface area contributed by atoms with Gasteiger partial charge in [-0.15, -0.1) is 0 Å². The average molecular weight is 483 g/mol. The van der Waals surface area contributed by atoms with Gasteiger partial charge in [0.15, 0.2) is 4.77 Å². The number of amides is 1. The van der Waals surface area contributed by atoms with E-state index in [2.05, 4.69) is 32.0 Å². The van der Waals surface area contributed by atoms with E-state index in [1.54, 1.807) is 6.07 Å². The molecular formula is C22H19BrN4O2S. The maximum Gasteiger partial charge on any atom is 0.262 e. The van der Waals surface area contributed by atoms with Gasteiger partial charge in [0.25, 0.3) is 5.56 Å². The number of para-hydroxylation sites is 2. The topological polar surface area (TPSA) is 73.9 Å². The van der Waals surface area contributed by atoms with Crippen molar-refractivity contribution in [1.29, 1.82) is 0 Å². The van der Waals surface area contributed by atoms with Gasteiger partial charge in [-0.2, -0.15) is 0 Å². The quantitative estimate of drug-likeness (QED) is 0.428. The second kappa shape index (κ2) is 7.52. The normalized spacial score (nSPS) is 13.7. The van der Waals surface area contributed by atoms with Gasteiger partial charge in [-0.05, 0) is 46.3 Å². The summed E-state index contributed by atoms with van der Waals surface area (Å²) in [7, 11) is 0. The number of halogens is 1. The van der Waals surface area contributed by atoms with E-state index in [0.29, 0.717) is 28.8 Å². The van der Waals surface area contributed by atoms with Crippen molar-refractivity contribution < 1.29 is 4.79 Å². The molecule has 152 valence electrons. The minimum absolute atomic E-state index is 0.0273. The van der Waals surface area contributed by atoms with Crippen LogP contribution >= 0.6 is 28.1 Å². The van der Waals surface area contributed by atoms with Gasteiger partial charge >= 0.3 is 0 Å². The summed E-state index contributed by atoms with van der Waals surface area (Å²) < 4.78 is 2.85. The summed E-state index contributed by atoms with van der Waals surface area (Å²) >= 11 is 8.95. The second-order valence-corrected chi connectivity index (χ2v) is 8.73. The number of nitrogens with one attached hydrogen (secondary N) is 2. The van der Waals surface area contributed by atoms with E-state index in [0.717, 1.165) is 21.8 Å². The third kappa shape index (κ3) is 3.20. The fraction of sp³-hybridized carbons (Fsp3) is 0.227. The summed E-state index contributed by atoms with van der Waals surface area (Å²) in [5.41, 5.74) is 3.99. The fourth-order valence-corrected chi connectivity index (χ4v) is 4.93. The molecule has 1 aliphatic rings. The molecule has 2 N–H and O–H groups in total. The molecule has 0 spiro atoms. The van der Waals surface area contributed by atoms with E-state index in [9.17, 15) is 9.59 Å². The number of H-pyrrole nitrogens is 2. The van der Waals surface area contributed by atoms with Crippen molar-refractivity contribution in [2.24, 2.45) is 0 Å². The van der Waals surface area contributed by atoms with Gasteiger partial charge < -0.3 is 14.9 Å². The van der Waals surface area contributed by atoms with Gasteiger partial charge in [0.2, 0.25) is 5.91 Å². The van der Waals surface area contributed by atoms with E-state index < -0.39 is 0 Å². The van der Waals surface area contributed by atoms with Gasteiger partial charge in [0.05, 0.1) is 16.4 Å². The third-order valence-corrected chi connectivity index (χ3v) is 6.73. The number of hydrogen-bond acceptors (Lipinski definition) is 3. The van der Waals surface area contributed by atoms with Crippen LogP contribution in [0.25, 0.3) is 21.8 Å². The largest absolute Gasteiger partial charge is 0.357 e. The molecule has 30 heavy (non-hydrogen) atoms. The van der Waals surface area contributed by atoms with E-state index in [-0.39, 0.29) is 24.4 Å². The first-order valence-corrected chi connectivity index (χ1v) is 11.0. The molecule has 8 heteroatoms. The Bertz CT molecular complexity index is 1420. The Balaban J connectivity index is 1.37. The number of benzene rings is 2. The zero-order chi connectivity index (χ0) is 20.8. The molecule has 1 amide bonds. The van der Waals surface area contributed by atoms with E-state index >= 15 is 0 Å². The highest BCUT2D eigenvalue weighted by Gasteiger charge is 2.24. The van der Waals surface area contributed by atoms with E-state index in [1.807, 2.05) is 35.2 Å². The SMILES string of the molecule is O=C(CCn1c(=S)[nH]c2ccccc2c1=O)N1CCc2[nH]c3c(Br)cccc3c2C1. The first-order chi connectivity index (χ1) is 14.5. The Morgan fingerprint density at radius 3 is 2.77 bits per heavy atom. The van der Waals surface area contributed by atoms with Crippen LogP contribution in [-0.4, -0.2) is 31.9 Å². The van der Waals surface area contributed by atoms with Crippen LogP contribution in [0.3, 0.4) is 0 Å². The van der Waals surface area contributed by atoms with E-state index in [4.69, 9.17) is 12.2 Å². The molecule has 5 rings (SSSR count). The van der Waals surface area contributed by atoms with Crippen molar-refractivity contribution in [2.45, 2.75) is 25.9 Å². The zero-order valence-electron chi connectivity index (χ0n) is 16.1. The lowest BCUT2D eigenvalue weighted by molar-refractivity contribution is -0.132. The van der Waals surface area contributed by atoms with Crippen molar-refractivity contribution in [2.75, 3.05) is 6.54 Å². The first-order valence-electron chi connectivity index (χ1n) is 9.80. The molecule has 3 heterocycles. The number of fused-ring (bicyclic) bond motifs is 4. The van der Waals surface area contributed by atoms with Gasteiger partial charge in [-0.25, -0.2) is 0 Å². The van der Waals surface area contributed by atoms with Gasteiger partial charge in [-0.3, -0.25) is 14.2 Å². The first kappa shape index (κ1) is 19.3. The molecular weight excluding hydrogens is 464 g/mol. The van der Waals surface area contributed by atoms with Gasteiger partial charge in [0.1, 0.15) is 0 Å². The number of aromatic nitrogens is 3. The molecule has 0 aliphatic carbocycles. The van der Waals surface area contributed by atoms with Gasteiger partial charge in [0, 0.05) is 53.6 Å². The van der Waals surface area contributed by atoms with Crippen LogP contribution < -0.4 is 5.56 Å². The maximum absolute atomic E-state index is 12.9. The molecule has 0 saturated heterocycles. The third-order valence-electron chi connectivity index (χ3n) is 5.75. The summed E-state index contributed by atoms with van der Waals surface area (Å²) in [5, 5.41) is 1.72. The number of rotatable bonds is 3. The number of nitrogens with zero attached hydrogens (tertiary/aromatic N) is 2. The second-order valence-electron chi connectivity index (χ2n) is 7.49. The molecule has 0 fully saturated rings. The van der Waals surface area contributed by atoms with Crippen molar-refractivity contribution in [3.05, 3.63) is 73.3 Å². The molecule has 0 radical (unpaired) electrons. The minimum Gasteiger partial charge on any atom is -0.357 e. The number of carbonyl (C=O) groups is 1. The summed E-state index contributed by atoms with van der Waals surface area (Å²) in [4.78, 5) is 34.2. The zero-order valence-corrected chi connectivity index (χ0v) is 18.5. The average Bonchev–Trinajstić information content (AvgIpc) is 3.13. The highest BCUT2D eigenvalue weighted by molar-refractivity contribution is 9.10. The number of aromatic amines is 2. The molecule has 6 nitrogen and oxygen atoms in total. The van der Waals surface area contributed by atoms with Crippen molar-refractivity contribution >= 4 is 55.9 Å². The molecule has 2 aromatic heterocycles. The molecule has 4 aromatic rings. The highest BCUT2D eigenvalue weighted by Crippen LogP contribution is 2.31. The maximum atomic E-state index is 12.9. The van der Waals surface area contributed by atoms with Gasteiger partial charge in [-0.1, -0.05) is 24.3 Å². The van der Waals surface area contributed by atoms with Crippen LogP contribution in [0.4, 0.5) is 0 Å². The fourth-order valence-electron chi connectivity index (χ4n) is 4.18. The minimum atomic E-state index is -0.162. The predicted molar refractivity (Wildman–Crippen MR) is 123 cm³/mol. The monoisotopic (exact) mass is 482 g/mol. The number of hydrogen-bond donors (Lipinski definition) is 2. The van der Waals surface area contributed by atoms with E-state index in [1.165, 1.54) is 15.8 Å². The van der Waals surface area contributed by atoms with Crippen LogP contribution in [0, 0.1) is 4.77 Å². The molecule has 0 saturated carbocycles.